The molecule has 18 heavy (non-hydrogen) atoms. The minimum Gasteiger partial charge on any atom is -0.381 e. The zero-order valence-corrected chi connectivity index (χ0v) is 11.3. The van der Waals surface area contributed by atoms with Gasteiger partial charge in [-0.3, -0.25) is 9.48 Å². The number of carbonyl (C=O) groups is 1. The van der Waals surface area contributed by atoms with Crippen LogP contribution in [-0.2, 0) is 21.9 Å². The summed E-state index contributed by atoms with van der Waals surface area (Å²) in [6.45, 7) is 3.44. The highest BCUT2D eigenvalue weighted by molar-refractivity contribution is 7.89. The fraction of sp³-hybridized carbons (Fsp3) is 0.556. The van der Waals surface area contributed by atoms with Crippen molar-refractivity contribution in [3.05, 3.63) is 5.69 Å². The first kappa shape index (κ1) is 14.5. The highest BCUT2D eigenvalue weighted by Crippen LogP contribution is 2.20. The number of nitrogens with one attached hydrogen (secondary N) is 2. The Bertz CT molecular complexity index is 549. The predicted octanol–water partition coefficient (Wildman–Crippen LogP) is -1.27. The summed E-state index contributed by atoms with van der Waals surface area (Å²) >= 11 is 0. The summed E-state index contributed by atoms with van der Waals surface area (Å²) in [4.78, 5) is 11.1. The second kappa shape index (κ2) is 5.36. The Hall–Kier alpha value is -1.61. The Morgan fingerprint density at radius 2 is 2.11 bits per heavy atom. The van der Waals surface area contributed by atoms with E-state index in [1.165, 1.54) is 4.68 Å². The third-order valence-corrected chi connectivity index (χ3v) is 3.94. The molecule has 1 aromatic rings. The zero-order valence-electron chi connectivity index (χ0n) is 10.5. The van der Waals surface area contributed by atoms with Crippen LogP contribution >= 0.6 is 0 Å². The van der Waals surface area contributed by atoms with Crippen molar-refractivity contribution in [3.8, 4) is 0 Å². The quantitative estimate of drug-likeness (QED) is 0.618. The lowest BCUT2D eigenvalue weighted by molar-refractivity contribution is -0.119. The van der Waals surface area contributed by atoms with E-state index in [0.717, 1.165) is 0 Å². The van der Waals surface area contributed by atoms with Crippen molar-refractivity contribution < 1.29 is 13.2 Å². The van der Waals surface area contributed by atoms with Crippen LogP contribution < -0.4 is 15.8 Å². The first-order chi connectivity index (χ1) is 8.29. The van der Waals surface area contributed by atoms with Gasteiger partial charge in [-0.25, -0.2) is 13.1 Å². The van der Waals surface area contributed by atoms with E-state index in [1.807, 2.05) is 0 Å². The van der Waals surface area contributed by atoms with Gasteiger partial charge in [-0.1, -0.05) is 0 Å². The molecule has 0 aromatic carbocycles. The first-order valence-electron chi connectivity index (χ1n) is 5.35. The van der Waals surface area contributed by atoms with Crippen molar-refractivity contribution in [1.29, 1.82) is 0 Å². The number of likely N-dealkylation sites (N-methyl/N-ethyl adjacent to an activating group) is 1. The van der Waals surface area contributed by atoms with Gasteiger partial charge in [0.05, 0.1) is 12.2 Å². The number of hydrogen-bond donors (Lipinski definition) is 3. The van der Waals surface area contributed by atoms with E-state index in [2.05, 4.69) is 15.1 Å². The Morgan fingerprint density at radius 3 is 2.56 bits per heavy atom. The maximum absolute atomic E-state index is 12.0. The lowest BCUT2D eigenvalue weighted by Gasteiger charge is -2.06. The predicted molar refractivity (Wildman–Crippen MR) is 66.2 cm³/mol. The fourth-order valence-electron chi connectivity index (χ4n) is 1.44. The number of amides is 1. The highest BCUT2D eigenvalue weighted by Gasteiger charge is 2.24. The van der Waals surface area contributed by atoms with Crippen molar-refractivity contribution in [2.75, 3.05) is 18.8 Å². The van der Waals surface area contributed by atoms with Gasteiger partial charge in [0.1, 0.15) is 4.90 Å². The molecule has 0 unspecified atom stereocenters. The summed E-state index contributed by atoms with van der Waals surface area (Å²) in [5, 5.41) is 6.30. The smallest absolute Gasteiger partial charge is 0.246 e. The number of carbonyl (C=O) groups excluding carboxylic acids is 1. The van der Waals surface area contributed by atoms with Gasteiger partial charge in [-0.05, 0) is 13.8 Å². The van der Waals surface area contributed by atoms with Gasteiger partial charge in [0.15, 0.2) is 5.82 Å². The summed E-state index contributed by atoms with van der Waals surface area (Å²) in [6.07, 6.45) is 0. The summed E-state index contributed by atoms with van der Waals surface area (Å²) < 4.78 is 27.5. The first-order valence-corrected chi connectivity index (χ1v) is 6.83. The van der Waals surface area contributed by atoms with Crippen molar-refractivity contribution >= 4 is 21.7 Å². The van der Waals surface area contributed by atoms with Gasteiger partial charge in [-0.15, -0.1) is 0 Å². The fourth-order valence-corrected chi connectivity index (χ4v) is 2.74. The van der Waals surface area contributed by atoms with E-state index in [1.54, 1.807) is 20.9 Å². The molecule has 102 valence electrons. The summed E-state index contributed by atoms with van der Waals surface area (Å²) in [5.41, 5.74) is 5.95. The maximum Gasteiger partial charge on any atom is 0.246 e. The van der Waals surface area contributed by atoms with Crippen LogP contribution in [0.25, 0.3) is 0 Å². The van der Waals surface area contributed by atoms with E-state index < -0.39 is 15.9 Å². The van der Waals surface area contributed by atoms with Crippen LogP contribution in [0.15, 0.2) is 4.90 Å². The number of aryl methyl sites for hydroxylation is 1. The number of nitrogen functional groups attached to an aromatic ring is 1. The largest absolute Gasteiger partial charge is 0.381 e. The molecule has 0 fully saturated rings. The number of aromatic nitrogens is 2. The molecule has 1 aromatic heterocycles. The molecule has 0 aliphatic carbocycles. The molecular weight excluding hydrogens is 258 g/mol. The molecule has 1 rings (SSSR count). The maximum atomic E-state index is 12.0. The van der Waals surface area contributed by atoms with Crippen LogP contribution in [0.4, 0.5) is 5.82 Å². The van der Waals surface area contributed by atoms with Crippen LogP contribution in [0.5, 0.6) is 0 Å². The Balaban J connectivity index is 2.90. The lowest BCUT2D eigenvalue weighted by Crippen LogP contribution is -2.37. The molecule has 0 aliphatic heterocycles. The number of nitrogens with two attached hydrogens (primary N) is 1. The minimum absolute atomic E-state index is 0.0848. The van der Waals surface area contributed by atoms with Gasteiger partial charge in [0.2, 0.25) is 15.9 Å². The molecule has 0 saturated heterocycles. The molecule has 0 radical (unpaired) electrons. The molecule has 0 saturated carbocycles. The van der Waals surface area contributed by atoms with Gasteiger partial charge < -0.3 is 11.1 Å². The van der Waals surface area contributed by atoms with Crippen molar-refractivity contribution in [1.82, 2.24) is 19.8 Å². The van der Waals surface area contributed by atoms with Crippen molar-refractivity contribution in [3.63, 3.8) is 0 Å². The SMILES string of the molecule is CCNC(=O)CNS(=O)(=O)c1c(N)nn(C)c1C. The van der Waals surface area contributed by atoms with Crippen LogP contribution in [0.1, 0.15) is 12.6 Å². The summed E-state index contributed by atoms with van der Waals surface area (Å²) in [5.74, 6) is -0.486. The van der Waals surface area contributed by atoms with Gasteiger partial charge in [-0.2, -0.15) is 5.10 Å². The highest BCUT2D eigenvalue weighted by atomic mass is 32.2. The summed E-state index contributed by atoms with van der Waals surface area (Å²) in [6, 6.07) is 0. The third-order valence-electron chi connectivity index (χ3n) is 2.37. The lowest BCUT2D eigenvalue weighted by atomic mass is 10.5. The van der Waals surface area contributed by atoms with E-state index in [0.29, 0.717) is 12.2 Å². The minimum atomic E-state index is -3.83. The molecule has 0 aliphatic rings. The zero-order chi connectivity index (χ0) is 13.9. The van der Waals surface area contributed by atoms with E-state index in [4.69, 9.17) is 5.73 Å². The molecule has 1 heterocycles. The van der Waals surface area contributed by atoms with Crippen LogP contribution in [0.3, 0.4) is 0 Å². The van der Waals surface area contributed by atoms with Crippen molar-refractivity contribution in [2.24, 2.45) is 7.05 Å². The molecule has 9 heteroatoms. The van der Waals surface area contributed by atoms with Crippen molar-refractivity contribution in [2.45, 2.75) is 18.7 Å². The third kappa shape index (κ3) is 2.99. The number of sulfonamides is 1. The summed E-state index contributed by atoms with van der Waals surface area (Å²) in [7, 11) is -2.24. The monoisotopic (exact) mass is 275 g/mol. The van der Waals surface area contributed by atoms with Gasteiger partial charge in [0, 0.05) is 13.6 Å². The Labute approximate surface area is 106 Å². The topological polar surface area (TPSA) is 119 Å². The van der Waals surface area contributed by atoms with E-state index in [-0.39, 0.29) is 17.3 Å². The standard InChI is InChI=1S/C9H17N5O3S/c1-4-11-7(15)5-12-18(16,17)8-6(2)14(3)13-9(8)10/h12H,4-5H2,1-3H3,(H2,10,13)(H,11,15). The molecule has 4 N–H and O–H groups in total. The molecular formula is C9H17N5O3S. The van der Waals surface area contributed by atoms with Crippen LogP contribution in [-0.4, -0.2) is 37.2 Å². The average Bonchev–Trinajstić information content (AvgIpc) is 2.51. The molecule has 8 nitrogen and oxygen atoms in total. The molecule has 0 bridgehead atoms. The number of nitrogens with zero attached hydrogens (tertiary/aromatic N) is 2. The number of anilines is 1. The van der Waals surface area contributed by atoms with E-state index in [9.17, 15) is 13.2 Å². The van der Waals surface area contributed by atoms with E-state index >= 15 is 0 Å². The molecule has 1 amide bonds. The Morgan fingerprint density at radius 1 is 1.50 bits per heavy atom. The Kier molecular flexibility index (Phi) is 4.30. The molecule has 0 atom stereocenters. The van der Waals surface area contributed by atoms with Gasteiger partial charge in [0.25, 0.3) is 0 Å². The second-order valence-corrected chi connectivity index (χ2v) is 5.41. The van der Waals surface area contributed by atoms with Crippen LogP contribution in [0.2, 0.25) is 0 Å². The molecule has 0 spiro atoms. The average molecular weight is 275 g/mol. The normalized spacial score (nSPS) is 11.5. The number of rotatable bonds is 5. The van der Waals surface area contributed by atoms with Crippen LogP contribution in [0, 0.1) is 6.92 Å². The second-order valence-electron chi connectivity index (χ2n) is 3.70. The number of hydrogen-bond acceptors (Lipinski definition) is 5. The van der Waals surface area contributed by atoms with Gasteiger partial charge >= 0.3 is 0 Å².